The molecule has 0 aliphatic heterocycles. The maximum absolute atomic E-state index is 13.1. The Hall–Kier alpha value is -2.49. The predicted molar refractivity (Wildman–Crippen MR) is 75.3 cm³/mol. The molecule has 20 heavy (non-hydrogen) atoms. The highest BCUT2D eigenvalue weighted by Crippen LogP contribution is 2.22. The minimum absolute atomic E-state index is 0.181. The highest BCUT2D eigenvalue weighted by atomic mass is 19.1. The zero-order chi connectivity index (χ0) is 14.3. The molecule has 1 heterocycles. The number of halogens is 1. The third-order valence-electron chi connectivity index (χ3n) is 3.41. The van der Waals surface area contributed by atoms with Crippen molar-refractivity contribution in [2.45, 2.75) is 6.92 Å². The van der Waals surface area contributed by atoms with Gasteiger partial charge >= 0.3 is 0 Å². The molecule has 1 aromatic heterocycles. The lowest BCUT2D eigenvalue weighted by atomic mass is 10.0. The van der Waals surface area contributed by atoms with Crippen LogP contribution in [0.1, 0.15) is 21.6 Å². The molecule has 3 nitrogen and oxygen atoms in total. The van der Waals surface area contributed by atoms with Gasteiger partial charge < -0.3 is 0 Å². The molecule has 0 N–H and O–H groups in total. The molecular formula is C16H13FN2O. The van der Waals surface area contributed by atoms with Crippen LogP contribution < -0.4 is 0 Å². The zero-order valence-electron chi connectivity index (χ0n) is 11.2. The van der Waals surface area contributed by atoms with Gasteiger partial charge in [0.05, 0.1) is 5.52 Å². The van der Waals surface area contributed by atoms with Crippen molar-refractivity contribution in [1.82, 2.24) is 9.78 Å². The van der Waals surface area contributed by atoms with E-state index < -0.39 is 0 Å². The number of hydrogen-bond acceptors (Lipinski definition) is 2. The summed E-state index contributed by atoms with van der Waals surface area (Å²) in [6, 6.07) is 11.7. The molecule has 0 bridgehead atoms. The van der Waals surface area contributed by atoms with Crippen LogP contribution in [0.2, 0.25) is 0 Å². The number of nitrogens with zero attached hydrogens (tertiary/aromatic N) is 2. The van der Waals surface area contributed by atoms with E-state index in [2.05, 4.69) is 5.10 Å². The molecule has 4 heteroatoms. The first-order chi connectivity index (χ1) is 9.58. The second kappa shape index (κ2) is 4.56. The molecule has 0 unspecified atom stereocenters. The third-order valence-corrected chi connectivity index (χ3v) is 3.41. The van der Waals surface area contributed by atoms with Crippen LogP contribution in [0.4, 0.5) is 4.39 Å². The SMILES string of the molecule is Cc1cc(F)ccc1C(=O)c1nn(C)c2ccccc12. The number of ketones is 1. The van der Waals surface area contributed by atoms with Crippen LogP contribution in [-0.2, 0) is 7.05 Å². The van der Waals surface area contributed by atoms with E-state index >= 15 is 0 Å². The van der Waals surface area contributed by atoms with Crippen LogP contribution in [0.5, 0.6) is 0 Å². The van der Waals surface area contributed by atoms with Crippen molar-refractivity contribution in [2.24, 2.45) is 7.05 Å². The van der Waals surface area contributed by atoms with Gasteiger partial charge in [-0.3, -0.25) is 9.48 Å². The predicted octanol–water partition coefficient (Wildman–Crippen LogP) is 3.25. The molecule has 3 aromatic rings. The second-order valence-electron chi connectivity index (χ2n) is 4.78. The van der Waals surface area contributed by atoms with Crippen LogP contribution in [-0.4, -0.2) is 15.6 Å². The summed E-state index contributed by atoms with van der Waals surface area (Å²) in [5.41, 5.74) is 2.40. The van der Waals surface area contributed by atoms with Crippen molar-refractivity contribution in [1.29, 1.82) is 0 Å². The topological polar surface area (TPSA) is 34.9 Å². The van der Waals surface area contributed by atoms with E-state index in [9.17, 15) is 9.18 Å². The fourth-order valence-electron chi connectivity index (χ4n) is 2.39. The third kappa shape index (κ3) is 1.90. The number of para-hydroxylation sites is 1. The fraction of sp³-hybridized carbons (Fsp3) is 0.125. The number of rotatable bonds is 2. The van der Waals surface area contributed by atoms with Crippen molar-refractivity contribution in [3.63, 3.8) is 0 Å². The van der Waals surface area contributed by atoms with E-state index in [-0.39, 0.29) is 11.6 Å². The molecule has 0 radical (unpaired) electrons. The monoisotopic (exact) mass is 268 g/mol. The van der Waals surface area contributed by atoms with Gasteiger partial charge in [-0.15, -0.1) is 0 Å². The molecule has 0 fully saturated rings. The molecular weight excluding hydrogens is 255 g/mol. The molecule has 2 aromatic carbocycles. The van der Waals surface area contributed by atoms with Crippen molar-refractivity contribution in [2.75, 3.05) is 0 Å². The fourth-order valence-corrected chi connectivity index (χ4v) is 2.39. The lowest BCUT2D eigenvalue weighted by molar-refractivity contribution is 0.103. The van der Waals surface area contributed by atoms with E-state index in [0.717, 1.165) is 10.9 Å². The van der Waals surface area contributed by atoms with Crippen LogP contribution in [0.3, 0.4) is 0 Å². The van der Waals surface area contributed by atoms with Crippen LogP contribution in [0, 0.1) is 12.7 Å². The molecule has 3 rings (SSSR count). The smallest absolute Gasteiger partial charge is 0.214 e. The van der Waals surface area contributed by atoms with Gasteiger partial charge in [-0.25, -0.2) is 4.39 Å². The number of carbonyl (C=O) groups excluding carboxylic acids is 1. The van der Waals surface area contributed by atoms with Gasteiger partial charge in [0.15, 0.2) is 0 Å². The van der Waals surface area contributed by atoms with E-state index in [4.69, 9.17) is 0 Å². The summed E-state index contributed by atoms with van der Waals surface area (Å²) < 4.78 is 14.8. The Labute approximate surface area is 115 Å². The van der Waals surface area contributed by atoms with Gasteiger partial charge in [-0.2, -0.15) is 5.10 Å². The van der Waals surface area contributed by atoms with Crippen LogP contribution >= 0.6 is 0 Å². The highest BCUT2D eigenvalue weighted by molar-refractivity contribution is 6.15. The van der Waals surface area contributed by atoms with E-state index in [1.54, 1.807) is 18.7 Å². The Morgan fingerprint density at radius 3 is 2.70 bits per heavy atom. The first-order valence-corrected chi connectivity index (χ1v) is 6.30. The number of carbonyl (C=O) groups is 1. The number of aromatic nitrogens is 2. The van der Waals surface area contributed by atoms with Crippen molar-refractivity contribution >= 4 is 16.7 Å². The number of benzene rings is 2. The summed E-state index contributed by atoms with van der Waals surface area (Å²) in [7, 11) is 1.80. The Bertz CT molecular complexity index is 820. The second-order valence-corrected chi connectivity index (χ2v) is 4.78. The Balaban J connectivity index is 2.18. The Morgan fingerprint density at radius 2 is 1.95 bits per heavy atom. The maximum Gasteiger partial charge on any atom is 0.214 e. The maximum atomic E-state index is 13.1. The summed E-state index contributed by atoms with van der Waals surface area (Å²) in [4.78, 5) is 12.6. The lowest BCUT2D eigenvalue weighted by Crippen LogP contribution is -2.06. The number of aryl methyl sites for hydroxylation is 2. The van der Waals surface area contributed by atoms with Crippen molar-refractivity contribution in [3.8, 4) is 0 Å². The standard InChI is InChI=1S/C16H13FN2O/c1-10-9-11(17)7-8-12(10)16(20)15-13-5-3-4-6-14(13)19(2)18-15/h3-9H,1-2H3. The largest absolute Gasteiger partial charge is 0.287 e. The molecule has 0 amide bonds. The molecule has 0 atom stereocenters. The summed E-state index contributed by atoms with van der Waals surface area (Å²) >= 11 is 0. The van der Waals surface area contributed by atoms with Crippen molar-refractivity contribution < 1.29 is 9.18 Å². The van der Waals surface area contributed by atoms with E-state index in [1.165, 1.54) is 18.2 Å². The summed E-state index contributed by atoms with van der Waals surface area (Å²) in [6.07, 6.45) is 0. The first-order valence-electron chi connectivity index (χ1n) is 6.30. The summed E-state index contributed by atoms with van der Waals surface area (Å²) in [5, 5.41) is 5.11. The quantitative estimate of drug-likeness (QED) is 0.669. The number of fused-ring (bicyclic) bond motifs is 1. The summed E-state index contributed by atoms with van der Waals surface area (Å²) in [5.74, 6) is -0.524. The van der Waals surface area contributed by atoms with E-state index in [0.29, 0.717) is 16.8 Å². The lowest BCUT2D eigenvalue weighted by Gasteiger charge is -2.03. The van der Waals surface area contributed by atoms with Crippen LogP contribution in [0.25, 0.3) is 10.9 Å². The Kier molecular flexibility index (Phi) is 2.86. The molecule has 0 aliphatic carbocycles. The van der Waals surface area contributed by atoms with Gasteiger partial charge in [-0.05, 0) is 36.8 Å². The van der Waals surface area contributed by atoms with Crippen LogP contribution in [0.15, 0.2) is 42.5 Å². The first kappa shape index (κ1) is 12.5. The molecule has 100 valence electrons. The summed E-state index contributed by atoms with van der Waals surface area (Å²) in [6.45, 7) is 1.72. The minimum atomic E-state index is -0.343. The molecule has 0 spiro atoms. The normalized spacial score (nSPS) is 10.9. The number of hydrogen-bond donors (Lipinski definition) is 0. The molecule has 0 saturated carbocycles. The van der Waals surface area contributed by atoms with Gasteiger partial charge in [-0.1, -0.05) is 18.2 Å². The molecule has 0 aliphatic rings. The molecule has 0 saturated heterocycles. The minimum Gasteiger partial charge on any atom is -0.287 e. The average molecular weight is 268 g/mol. The van der Waals surface area contributed by atoms with Crippen molar-refractivity contribution in [3.05, 3.63) is 65.1 Å². The zero-order valence-corrected chi connectivity index (χ0v) is 11.2. The average Bonchev–Trinajstić information content (AvgIpc) is 2.76. The van der Waals surface area contributed by atoms with E-state index in [1.807, 2.05) is 24.3 Å². The van der Waals surface area contributed by atoms with Gasteiger partial charge in [0, 0.05) is 18.0 Å². The Morgan fingerprint density at radius 1 is 1.20 bits per heavy atom. The van der Waals surface area contributed by atoms with Gasteiger partial charge in [0.2, 0.25) is 5.78 Å². The van der Waals surface area contributed by atoms with Gasteiger partial charge in [0.25, 0.3) is 0 Å². The highest BCUT2D eigenvalue weighted by Gasteiger charge is 2.19. The van der Waals surface area contributed by atoms with Gasteiger partial charge in [0.1, 0.15) is 11.5 Å².